The predicted molar refractivity (Wildman–Crippen MR) is 84.8 cm³/mol. The molecule has 1 aromatic rings. The first-order valence-corrected chi connectivity index (χ1v) is 7.85. The van der Waals surface area contributed by atoms with Gasteiger partial charge in [-0.3, -0.25) is 9.59 Å². The molecule has 1 aromatic carbocycles. The molecule has 3 rings (SSSR count). The zero-order valence-corrected chi connectivity index (χ0v) is 13.0. The molecule has 2 N–H and O–H groups in total. The smallest absolute Gasteiger partial charge is 0.322 e. The van der Waals surface area contributed by atoms with Crippen LogP contribution in [0, 0.1) is 0 Å². The van der Waals surface area contributed by atoms with Crippen molar-refractivity contribution in [3.8, 4) is 0 Å². The third-order valence-electron chi connectivity index (χ3n) is 4.50. The summed E-state index contributed by atoms with van der Waals surface area (Å²) in [7, 11) is 2.29. The van der Waals surface area contributed by atoms with Crippen LogP contribution < -0.4 is 5.32 Å². The van der Waals surface area contributed by atoms with Gasteiger partial charge in [0.15, 0.2) is 0 Å². The standard InChI is InChI=1S/C9H9NO3.C8H15N/c11-8(12)6-10-9(13)7-4-2-1-3-5-7;1-9-7-3-2-4-8(9)6-5-7/h1-5H,6H2,(H,10,13)(H,11,12);7-8H,2-6H2,1H3. The topological polar surface area (TPSA) is 69.6 Å². The highest BCUT2D eigenvalue weighted by molar-refractivity contribution is 5.95. The van der Waals surface area contributed by atoms with Crippen LogP contribution in [0.3, 0.4) is 0 Å². The molecule has 0 radical (unpaired) electrons. The molecule has 5 nitrogen and oxygen atoms in total. The number of carboxylic acid groups (broad SMARTS) is 1. The number of hydrogen-bond donors (Lipinski definition) is 2. The second kappa shape index (κ2) is 7.94. The number of hydrogen-bond acceptors (Lipinski definition) is 3. The summed E-state index contributed by atoms with van der Waals surface area (Å²) in [5.41, 5.74) is 0.462. The van der Waals surface area contributed by atoms with E-state index in [4.69, 9.17) is 5.11 Å². The Balaban J connectivity index is 0.000000170. The van der Waals surface area contributed by atoms with Crippen molar-refractivity contribution in [3.05, 3.63) is 35.9 Å². The zero-order valence-electron chi connectivity index (χ0n) is 13.0. The quantitative estimate of drug-likeness (QED) is 0.897. The Hall–Kier alpha value is -1.88. The minimum atomic E-state index is -1.05. The van der Waals surface area contributed by atoms with Crippen LogP contribution in [0.25, 0.3) is 0 Å². The lowest BCUT2D eigenvalue weighted by atomic mass is 10.0. The van der Waals surface area contributed by atoms with Gasteiger partial charge in [-0.25, -0.2) is 0 Å². The number of carbonyl (C=O) groups excluding carboxylic acids is 1. The monoisotopic (exact) mass is 304 g/mol. The summed E-state index contributed by atoms with van der Waals surface area (Å²) in [6, 6.07) is 10.4. The normalized spacial score (nSPS) is 23.3. The van der Waals surface area contributed by atoms with E-state index < -0.39 is 5.97 Å². The highest BCUT2D eigenvalue weighted by atomic mass is 16.4. The summed E-state index contributed by atoms with van der Waals surface area (Å²) in [5.74, 6) is -1.42. The van der Waals surface area contributed by atoms with Crippen molar-refractivity contribution in [1.29, 1.82) is 0 Å². The number of nitrogens with one attached hydrogen (secondary N) is 1. The van der Waals surface area contributed by atoms with Gasteiger partial charge in [0.25, 0.3) is 5.91 Å². The molecule has 0 saturated carbocycles. The third kappa shape index (κ3) is 4.56. The minimum Gasteiger partial charge on any atom is -0.480 e. The second-order valence-corrected chi connectivity index (χ2v) is 5.92. The van der Waals surface area contributed by atoms with E-state index in [0.717, 1.165) is 12.1 Å². The fourth-order valence-electron chi connectivity index (χ4n) is 3.22. The van der Waals surface area contributed by atoms with Gasteiger partial charge in [0.05, 0.1) is 0 Å². The van der Waals surface area contributed by atoms with E-state index in [9.17, 15) is 9.59 Å². The Morgan fingerprint density at radius 2 is 1.73 bits per heavy atom. The summed E-state index contributed by atoms with van der Waals surface area (Å²) in [6.45, 7) is -0.353. The number of carboxylic acids is 1. The summed E-state index contributed by atoms with van der Waals surface area (Å²) in [4.78, 5) is 23.9. The minimum absolute atomic E-state index is 0.353. The molecule has 0 spiro atoms. The van der Waals surface area contributed by atoms with Crippen LogP contribution in [-0.2, 0) is 4.79 Å². The van der Waals surface area contributed by atoms with Gasteiger partial charge in [0.2, 0.25) is 0 Å². The molecule has 2 aliphatic rings. The van der Waals surface area contributed by atoms with Gasteiger partial charge in [-0.2, -0.15) is 0 Å². The van der Waals surface area contributed by atoms with E-state index in [1.165, 1.54) is 32.1 Å². The number of benzene rings is 1. The number of fused-ring (bicyclic) bond motifs is 2. The number of carbonyl (C=O) groups is 2. The van der Waals surface area contributed by atoms with Gasteiger partial charge >= 0.3 is 5.97 Å². The molecule has 0 aromatic heterocycles. The van der Waals surface area contributed by atoms with E-state index in [2.05, 4.69) is 17.3 Å². The predicted octanol–water partition coefficient (Wildman–Crippen LogP) is 2.13. The fraction of sp³-hybridized carbons (Fsp3) is 0.529. The van der Waals surface area contributed by atoms with Crippen LogP contribution in [0.5, 0.6) is 0 Å². The molecule has 2 bridgehead atoms. The van der Waals surface area contributed by atoms with Crippen molar-refractivity contribution in [2.75, 3.05) is 13.6 Å². The van der Waals surface area contributed by atoms with Crippen molar-refractivity contribution in [2.45, 2.75) is 44.2 Å². The van der Waals surface area contributed by atoms with Gasteiger partial charge in [-0.05, 0) is 44.9 Å². The van der Waals surface area contributed by atoms with Gasteiger partial charge in [-0.1, -0.05) is 24.6 Å². The molecule has 22 heavy (non-hydrogen) atoms. The van der Waals surface area contributed by atoms with Gasteiger partial charge in [0, 0.05) is 17.6 Å². The number of piperidine rings is 1. The maximum Gasteiger partial charge on any atom is 0.322 e. The van der Waals surface area contributed by atoms with Gasteiger partial charge in [-0.15, -0.1) is 0 Å². The van der Waals surface area contributed by atoms with Crippen molar-refractivity contribution in [1.82, 2.24) is 10.2 Å². The molecule has 2 saturated heterocycles. The zero-order chi connectivity index (χ0) is 15.9. The first-order chi connectivity index (χ1) is 10.6. The van der Waals surface area contributed by atoms with E-state index in [1.807, 2.05) is 0 Å². The second-order valence-electron chi connectivity index (χ2n) is 5.92. The van der Waals surface area contributed by atoms with Crippen LogP contribution in [-0.4, -0.2) is 47.6 Å². The lowest BCUT2D eigenvalue weighted by Gasteiger charge is -2.30. The molecule has 120 valence electrons. The number of aliphatic carboxylic acids is 1. The van der Waals surface area contributed by atoms with Crippen molar-refractivity contribution >= 4 is 11.9 Å². The lowest BCUT2D eigenvalue weighted by Crippen LogP contribution is -2.35. The maximum atomic E-state index is 11.2. The van der Waals surface area contributed by atoms with E-state index in [-0.39, 0.29) is 12.5 Å². The highest BCUT2D eigenvalue weighted by Gasteiger charge is 2.33. The Morgan fingerprint density at radius 3 is 2.23 bits per heavy atom. The third-order valence-corrected chi connectivity index (χ3v) is 4.50. The SMILES string of the molecule is CN1C2CCCC1CC2.O=C(O)CNC(=O)c1ccccc1. The summed E-state index contributed by atoms with van der Waals surface area (Å²) < 4.78 is 0. The molecule has 2 aliphatic heterocycles. The molecule has 2 unspecified atom stereocenters. The van der Waals surface area contributed by atoms with Crippen molar-refractivity contribution in [2.24, 2.45) is 0 Å². The summed E-state index contributed by atoms with van der Waals surface area (Å²) in [6.07, 6.45) is 7.36. The Kier molecular flexibility index (Phi) is 5.95. The fourth-order valence-corrected chi connectivity index (χ4v) is 3.22. The first kappa shape index (κ1) is 16.5. The Bertz CT molecular complexity index is 488. The van der Waals surface area contributed by atoms with Crippen LogP contribution in [0.1, 0.15) is 42.5 Å². The number of amides is 1. The molecular formula is C17H24N2O3. The average Bonchev–Trinajstić information content (AvgIpc) is 2.75. The molecule has 2 heterocycles. The molecule has 1 amide bonds. The van der Waals surface area contributed by atoms with Crippen molar-refractivity contribution in [3.63, 3.8) is 0 Å². The van der Waals surface area contributed by atoms with Crippen molar-refractivity contribution < 1.29 is 14.7 Å². The largest absolute Gasteiger partial charge is 0.480 e. The maximum absolute atomic E-state index is 11.2. The van der Waals surface area contributed by atoms with E-state index >= 15 is 0 Å². The Labute approximate surface area is 131 Å². The number of nitrogens with zero attached hydrogens (tertiary/aromatic N) is 1. The van der Waals surface area contributed by atoms with Gasteiger partial charge in [0.1, 0.15) is 6.54 Å². The first-order valence-electron chi connectivity index (χ1n) is 7.85. The summed E-state index contributed by atoms with van der Waals surface area (Å²) >= 11 is 0. The van der Waals surface area contributed by atoms with Crippen LogP contribution in [0.15, 0.2) is 30.3 Å². The lowest BCUT2D eigenvalue weighted by molar-refractivity contribution is -0.135. The molecular weight excluding hydrogens is 280 g/mol. The van der Waals surface area contributed by atoms with Crippen LogP contribution >= 0.6 is 0 Å². The molecule has 2 atom stereocenters. The average molecular weight is 304 g/mol. The number of rotatable bonds is 3. The molecule has 2 fully saturated rings. The van der Waals surface area contributed by atoms with E-state index in [0.29, 0.717) is 5.56 Å². The highest BCUT2D eigenvalue weighted by Crippen LogP contribution is 2.33. The van der Waals surface area contributed by atoms with Crippen LogP contribution in [0.4, 0.5) is 0 Å². The molecule has 0 aliphatic carbocycles. The van der Waals surface area contributed by atoms with Gasteiger partial charge < -0.3 is 15.3 Å². The van der Waals surface area contributed by atoms with E-state index in [1.54, 1.807) is 30.3 Å². The summed E-state index contributed by atoms with van der Waals surface area (Å²) in [5, 5.41) is 10.6. The van der Waals surface area contributed by atoms with Crippen LogP contribution in [0.2, 0.25) is 0 Å². The Morgan fingerprint density at radius 1 is 1.14 bits per heavy atom. The molecule has 5 heteroatoms.